The van der Waals surface area contributed by atoms with Crippen molar-refractivity contribution in [1.29, 1.82) is 0 Å². The van der Waals surface area contributed by atoms with E-state index >= 15 is 0 Å². The van der Waals surface area contributed by atoms with Gasteiger partial charge in [0.2, 0.25) is 17.7 Å². The van der Waals surface area contributed by atoms with Crippen LogP contribution in [0.15, 0.2) is 25.3 Å². The summed E-state index contributed by atoms with van der Waals surface area (Å²) in [6.07, 6.45) is 6.96. The van der Waals surface area contributed by atoms with Crippen molar-refractivity contribution in [1.82, 2.24) is 14.7 Å². The number of ether oxygens (including phenoxy) is 1. The minimum absolute atomic E-state index is 0.0225. The van der Waals surface area contributed by atoms with Crippen LogP contribution in [0.4, 0.5) is 0 Å². The Bertz CT molecular complexity index is 889. The first-order chi connectivity index (χ1) is 17.6. The minimum atomic E-state index is -1.11. The molecule has 3 fully saturated rings. The first-order valence-corrected chi connectivity index (χ1v) is 14.1. The molecule has 3 rings (SSSR count). The highest BCUT2D eigenvalue weighted by atomic mass is 16.5. The van der Waals surface area contributed by atoms with Gasteiger partial charge < -0.3 is 24.5 Å². The first kappa shape index (κ1) is 29.4. The van der Waals surface area contributed by atoms with E-state index in [1.807, 2.05) is 20.8 Å². The van der Waals surface area contributed by atoms with Crippen molar-refractivity contribution in [3.05, 3.63) is 25.3 Å². The van der Waals surface area contributed by atoms with Crippen molar-refractivity contribution in [3.8, 4) is 0 Å². The lowest BCUT2D eigenvalue weighted by atomic mass is 9.62. The Kier molecular flexibility index (Phi) is 9.27. The van der Waals surface area contributed by atoms with Crippen LogP contribution in [0.2, 0.25) is 0 Å². The molecule has 3 unspecified atom stereocenters. The van der Waals surface area contributed by atoms with Gasteiger partial charge in [0.15, 0.2) is 0 Å². The molecule has 8 nitrogen and oxygen atoms in total. The van der Waals surface area contributed by atoms with E-state index in [0.717, 1.165) is 19.3 Å². The SMILES string of the molecule is C=CCN(CCCC)C(=O)C1N([C@@H](CC)CO)C(=O)[C@@H]2[C@@H](C(=O)N(CC=C)CCC)[C@]3(C)OC12CC3C. The molecule has 1 N–H and O–H groups in total. The monoisotopic (exact) mass is 517 g/mol. The zero-order chi connectivity index (χ0) is 27.5. The number of likely N-dealkylation sites (tertiary alicyclic amines) is 1. The Morgan fingerprint density at radius 1 is 1.14 bits per heavy atom. The van der Waals surface area contributed by atoms with E-state index in [9.17, 15) is 19.5 Å². The summed E-state index contributed by atoms with van der Waals surface area (Å²) in [5, 5.41) is 10.3. The fraction of sp³-hybridized carbons (Fsp3) is 0.759. The molecule has 0 aromatic carbocycles. The molecule has 3 amide bonds. The van der Waals surface area contributed by atoms with Crippen LogP contribution in [0.25, 0.3) is 0 Å². The van der Waals surface area contributed by atoms with Crippen LogP contribution in [-0.4, -0.2) is 93.6 Å². The Balaban J connectivity index is 2.15. The van der Waals surface area contributed by atoms with Gasteiger partial charge in [0.05, 0.1) is 30.1 Å². The Morgan fingerprint density at radius 2 is 1.76 bits per heavy atom. The van der Waals surface area contributed by atoms with Gasteiger partial charge in [-0.3, -0.25) is 14.4 Å². The van der Waals surface area contributed by atoms with Gasteiger partial charge in [0, 0.05) is 26.2 Å². The molecule has 0 saturated carbocycles. The van der Waals surface area contributed by atoms with E-state index in [1.165, 1.54) is 0 Å². The molecule has 208 valence electrons. The molecule has 3 saturated heterocycles. The Hall–Kier alpha value is -2.19. The van der Waals surface area contributed by atoms with Crippen LogP contribution >= 0.6 is 0 Å². The maximum Gasteiger partial charge on any atom is 0.248 e. The van der Waals surface area contributed by atoms with E-state index in [-0.39, 0.29) is 30.2 Å². The number of fused-ring (bicyclic) bond motifs is 1. The molecule has 2 bridgehead atoms. The van der Waals surface area contributed by atoms with Crippen molar-refractivity contribution < 1.29 is 24.2 Å². The molecule has 0 aliphatic carbocycles. The third-order valence-corrected chi connectivity index (χ3v) is 8.93. The van der Waals surface area contributed by atoms with Gasteiger partial charge in [-0.15, -0.1) is 13.2 Å². The Morgan fingerprint density at radius 3 is 2.27 bits per heavy atom. The number of amides is 3. The lowest BCUT2D eigenvalue weighted by Crippen LogP contribution is -2.59. The molecule has 7 atom stereocenters. The quantitative estimate of drug-likeness (QED) is 0.358. The molecule has 37 heavy (non-hydrogen) atoms. The van der Waals surface area contributed by atoms with E-state index in [2.05, 4.69) is 27.0 Å². The van der Waals surface area contributed by atoms with E-state index in [1.54, 1.807) is 26.9 Å². The standard InChI is InChI=1S/C29H47N3O5/c1-8-13-17-31(16-11-4)27(36)24-29-18-20(6)28(7,37-29)22(25(34)30(14-9-2)15-10-3)23(29)26(35)32(24)21(12-5)19-33/h9,11,20-24,33H,2,4,8,10,12-19H2,1,3,5-7H3/t20?,21-,22-,23-,24?,28+,29?/m0/s1. The van der Waals surface area contributed by atoms with Gasteiger partial charge >= 0.3 is 0 Å². The van der Waals surface area contributed by atoms with Gasteiger partial charge in [-0.05, 0) is 38.5 Å². The minimum Gasteiger partial charge on any atom is -0.394 e. The highest BCUT2D eigenvalue weighted by Gasteiger charge is 2.80. The predicted molar refractivity (Wildman–Crippen MR) is 144 cm³/mol. The van der Waals surface area contributed by atoms with Crippen molar-refractivity contribution in [3.63, 3.8) is 0 Å². The zero-order valence-corrected chi connectivity index (χ0v) is 23.4. The van der Waals surface area contributed by atoms with Crippen molar-refractivity contribution >= 4 is 17.7 Å². The third-order valence-electron chi connectivity index (χ3n) is 8.93. The number of rotatable bonds is 14. The summed E-state index contributed by atoms with van der Waals surface area (Å²) in [7, 11) is 0. The molecule has 8 heteroatoms. The van der Waals surface area contributed by atoms with E-state index < -0.39 is 35.1 Å². The first-order valence-electron chi connectivity index (χ1n) is 14.1. The fourth-order valence-corrected chi connectivity index (χ4v) is 7.02. The molecule has 3 aliphatic rings. The smallest absolute Gasteiger partial charge is 0.248 e. The molecule has 3 aliphatic heterocycles. The van der Waals surface area contributed by atoms with E-state index in [4.69, 9.17) is 4.74 Å². The van der Waals surface area contributed by atoms with Crippen LogP contribution in [0.1, 0.15) is 66.7 Å². The van der Waals surface area contributed by atoms with Gasteiger partial charge in [-0.1, -0.05) is 46.3 Å². The lowest BCUT2D eigenvalue weighted by molar-refractivity contribution is -0.157. The molecule has 0 aromatic rings. The number of aliphatic hydroxyl groups excluding tert-OH is 1. The van der Waals surface area contributed by atoms with Gasteiger partial charge in [0.25, 0.3) is 0 Å². The molecule has 3 heterocycles. The fourth-order valence-electron chi connectivity index (χ4n) is 7.02. The van der Waals surface area contributed by atoms with Crippen molar-refractivity contribution in [2.45, 2.75) is 90.0 Å². The summed E-state index contributed by atoms with van der Waals surface area (Å²) < 4.78 is 6.84. The van der Waals surface area contributed by atoms with Crippen molar-refractivity contribution in [2.24, 2.45) is 17.8 Å². The number of unbranched alkanes of at least 4 members (excludes halogenated alkanes) is 1. The summed E-state index contributed by atoms with van der Waals surface area (Å²) in [5.74, 6) is -2.04. The van der Waals surface area contributed by atoms with Crippen LogP contribution in [0.3, 0.4) is 0 Å². The molecule has 0 aromatic heterocycles. The maximum atomic E-state index is 14.3. The number of aliphatic hydroxyl groups is 1. The topological polar surface area (TPSA) is 90.4 Å². The number of carbonyl (C=O) groups excluding carboxylic acids is 3. The summed E-state index contributed by atoms with van der Waals surface area (Å²) >= 11 is 0. The van der Waals surface area contributed by atoms with Crippen LogP contribution in [-0.2, 0) is 19.1 Å². The number of carbonyl (C=O) groups is 3. The predicted octanol–water partition coefficient (Wildman–Crippen LogP) is 3.01. The summed E-state index contributed by atoms with van der Waals surface area (Å²) in [5.41, 5.74) is -1.97. The molecule has 0 radical (unpaired) electrons. The van der Waals surface area contributed by atoms with Gasteiger partial charge in [-0.25, -0.2) is 0 Å². The highest BCUT2D eigenvalue weighted by Crippen LogP contribution is 2.65. The second kappa shape index (κ2) is 11.7. The largest absolute Gasteiger partial charge is 0.394 e. The lowest BCUT2D eigenvalue weighted by Gasteiger charge is -2.39. The highest BCUT2D eigenvalue weighted by molar-refractivity contribution is 5.99. The molecule has 1 spiro atoms. The van der Waals surface area contributed by atoms with Gasteiger partial charge in [0.1, 0.15) is 11.6 Å². The number of hydrogen-bond donors (Lipinski definition) is 1. The summed E-state index contributed by atoms with van der Waals surface area (Å²) in [4.78, 5) is 47.8. The third kappa shape index (κ3) is 4.65. The maximum absolute atomic E-state index is 14.3. The number of hydrogen-bond acceptors (Lipinski definition) is 5. The van der Waals surface area contributed by atoms with Crippen LogP contribution in [0.5, 0.6) is 0 Å². The average molecular weight is 518 g/mol. The second-order valence-corrected chi connectivity index (χ2v) is 11.2. The molecular formula is C29H47N3O5. The van der Waals surface area contributed by atoms with E-state index in [0.29, 0.717) is 39.0 Å². The number of nitrogens with zero attached hydrogens (tertiary/aromatic N) is 3. The van der Waals surface area contributed by atoms with Gasteiger partial charge in [-0.2, -0.15) is 0 Å². The van der Waals surface area contributed by atoms with Crippen molar-refractivity contribution in [2.75, 3.05) is 32.8 Å². The zero-order valence-electron chi connectivity index (χ0n) is 23.4. The summed E-state index contributed by atoms with van der Waals surface area (Å²) in [6.45, 7) is 19.3. The Labute approximate surface area is 222 Å². The van der Waals surface area contributed by atoms with Crippen LogP contribution < -0.4 is 0 Å². The second-order valence-electron chi connectivity index (χ2n) is 11.2. The van der Waals surface area contributed by atoms with Crippen LogP contribution in [0, 0.1) is 17.8 Å². The summed E-state index contributed by atoms with van der Waals surface area (Å²) in [6, 6.07) is -1.42. The molecular weight excluding hydrogens is 470 g/mol. The normalized spacial score (nSPS) is 32.8. The average Bonchev–Trinajstić information content (AvgIpc) is 3.38.